The monoisotopic (exact) mass is 411 g/mol. The van der Waals surface area contributed by atoms with Crippen LogP contribution in [0.25, 0.3) is 0 Å². The Balaban J connectivity index is 2.23. The summed E-state index contributed by atoms with van der Waals surface area (Å²) in [4.78, 5) is 13.2. The molecule has 27 heavy (non-hydrogen) atoms. The van der Waals surface area contributed by atoms with Crippen LogP contribution in [-0.4, -0.2) is 47.1 Å². The Kier molecular flexibility index (Phi) is 6.81. The lowest BCUT2D eigenvalue weighted by Crippen LogP contribution is -2.39. The first kappa shape index (κ1) is 20.7. The summed E-state index contributed by atoms with van der Waals surface area (Å²) in [5.41, 5.74) is 3.25. The number of anilines is 1. The number of amides is 1. The van der Waals surface area contributed by atoms with E-state index >= 15 is 0 Å². The van der Waals surface area contributed by atoms with E-state index in [1.807, 2.05) is 17.5 Å². The maximum Gasteiger partial charge on any atom is 0.260 e. The van der Waals surface area contributed by atoms with Crippen LogP contribution in [-0.2, 0) is 14.8 Å². The maximum atomic E-state index is 12.3. The summed E-state index contributed by atoms with van der Waals surface area (Å²) in [7, 11) is -0.841. The molecule has 8 nitrogen and oxygen atoms in total. The van der Waals surface area contributed by atoms with Crippen molar-refractivity contribution in [1.29, 1.82) is 0 Å². The third-order valence-electron chi connectivity index (χ3n) is 3.57. The van der Waals surface area contributed by atoms with E-state index in [1.54, 1.807) is 19.1 Å². The predicted molar refractivity (Wildman–Crippen MR) is 106 cm³/mol. The zero-order chi connectivity index (χ0) is 20.0. The van der Waals surface area contributed by atoms with Gasteiger partial charge >= 0.3 is 0 Å². The molecule has 0 spiro atoms. The normalized spacial score (nSPS) is 11.8. The molecular weight excluding hydrogens is 390 g/mol. The molecule has 10 heteroatoms. The van der Waals surface area contributed by atoms with Crippen LogP contribution in [0.15, 0.2) is 40.8 Å². The van der Waals surface area contributed by atoms with Gasteiger partial charge in [-0.2, -0.15) is 5.10 Å². The highest BCUT2D eigenvalue weighted by Gasteiger charge is 2.24. The summed E-state index contributed by atoms with van der Waals surface area (Å²) in [6.07, 6.45) is 1.02. The highest BCUT2D eigenvalue weighted by atomic mass is 32.2. The second kappa shape index (κ2) is 8.87. The van der Waals surface area contributed by atoms with Crippen molar-refractivity contribution in [2.75, 3.05) is 31.3 Å². The Labute approximate surface area is 162 Å². The number of methoxy groups -OCH3 is 2. The van der Waals surface area contributed by atoms with Crippen molar-refractivity contribution < 1.29 is 22.7 Å². The number of carbonyl (C=O) groups excluding carboxylic acids is 1. The first-order valence-electron chi connectivity index (χ1n) is 7.83. The fraction of sp³-hybridized carbons (Fsp3) is 0.294. The molecule has 2 rings (SSSR count). The maximum absolute atomic E-state index is 12.3. The van der Waals surface area contributed by atoms with E-state index in [1.165, 1.54) is 31.6 Å². The van der Waals surface area contributed by atoms with E-state index in [0.29, 0.717) is 11.5 Å². The van der Waals surface area contributed by atoms with E-state index in [9.17, 15) is 13.2 Å². The molecule has 0 bridgehead atoms. The fourth-order valence-electron chi connectivity index (χ4n) is 2.22. The van der Waals surface area contributed by atoms with Crippen molar-refractivity contribution in [2.45, 2.75) is 6.92 Å². The average Bonchev–Trinajstić information content (AvgIpc) is 3.17. The number of hydrogen-bond donors (Lipinski definition) is 1. The second-order valence-electron chi connectivity index (χ2n) is 5.52. The van der Waals surface area contributed by atoms with Crippen LogP contribution in [0.5, 0.6) is 11.5 Å². The number of thiophene rings is 1. The minimum Gasteiger partial charge on any atom is -0.497 e. The summed E-state index contributed by atoms with van der Waals surface area (Å²) in [6.45, 7) is 1.32. The molecule has 2 aromatic rings. The molecule has 1 aromatic carbocycles. The molecule has 0 aliphatic heterocycles. The Morgan fingerprint density at radius 2 is 2.00 bits per heavy atom. The number of nitrogens with one attached hydrogen (secondary N) is 1. The molecule has 0 radical (unpaired) electrons. The summed E-state index contributed by atoms with van der Waals surface area (Å²) >= 11 is 1.49. The van der Waals surface area contributed by atoms with Crippen molar-refractivity contribution in [3.05, 3.63) is 40.6 Å². The van der Waals surface area contributed by atoms with Crippen molar-refractivity contribution in [2.24, 2.45) is 5.10 Å². The Morgan fingerprint density at radius 1 is 1.26 bits per heavy atom. The van der Waals surface area contributed by atoms with Gasteiger partial charge in [0, 0.05) is 10.9 Å². The van der Waals surface area contributed by atoms with E-state index in [2.05, 4.69) is 10.5 Å². The number of hydrogen-bond acceptors (Lipinski definition) is 7. The van der Waals surface area contributed by atoms with Crippen LogP contribution in [0.3, 0.4) is 0 Å². The number of rotatable bonds is 8. The standard InChI is InChI=1S/C17H21N3O5S2/c1-12(16-6-5-9-26-16)18-19-17(21)11-20(27(4,22)23)14-8-7-13(24-2)10-15(14)25-3/h5-10H,11H2,1-4H3,(H,19,21)/b18-12-. The van der Waals surface area contributed by atoms with Gasteiger partial charge in [0.1, 0.15) is 18.0 Å². The SMILES string of the molecule is COc1ccc(N(CC(=O)N/N=C(/C)c2cccs2)S(C)(=O)=O)c(OC)c1. The van der Waals surface area contributed by atoms with Crippen LogP contribution >= 0.6 is 11.3 Å². The minimum atomic E-state index is -3.74. The number of ether oxygens (including phenoxy) is 2. The number of benzene rings is 1. The van der Waals surface area contributed by atoms with E-state index in [0.717, 1.165) is 15.4 Å². The zero-order valence-electron chi connectivity index (χ0n) is 15.4. The molecule has 0 saturated heterocycles. The number of nitrogens with zero attached hydrogens (tertiary/aromatic N) is 2. The van der Waals surface area contributed by atoms with Crippen molar-refractivity contribution in [1.82, 2.24) is 5.43 Å². The van der Waals surface area contributed by atoms with Crippen LogP contribution in [0, 0.1) is 0 Å². The lowest BCUT2D eigenvalue weighted by molar-refractivity contribution is -0.119. The van der Waals surface area contributed by atoms with E-state index in [4.69, 9.17) is 9.47 Å². The first-order valence-corrected chi connectivity index (χ1v) is 10.6. The van der Waals surface area contributed by atoms with Gasteiger partial charge in [-0.1, -0.05) is 6.07 Å². The lowest BCUT2D eigenvalue weighted by atomic mass is 10.2. The highest BCUT2D eigenvalue weighted by molar-refractivity contribution is 7.92. The van der Waals surface area contributed by atoms with Crippen molar-refractivity contribution in [3.63, 3.8) is 0 Å². The summed E-state index contributed by atoms with van der Waals surface area (Å²) < 4.78 is 35.8. The minimum absolute atomic E-state index is 0.231. The highest BCUT2D eigenvalue weighted by Crippen LogP contribution is 2.33. The van der Waals surface area contributed by atoms with Gasteiger partial charge in [-0.3, -0.25) is 9.10 Å². The predicted octanol–water partition coefficient (Wildman–Crippen LogP) is 2.07. The number of sulfonamides is 1. The molecule has 0 fully saturated rings. The topological polar surface area (TPSA) is 97.3 Å². The van der Waals surface area contributed by atoms with Crippen molar-refractivity contribution >= 4 is 38.7 Å². The molecule has 0 unspecified atom stereocenters. The lowest BCUT2D eigenvalue weighted by Gasteiger charge is -2.23. The van der Waals surface area contributed by atoms with Crippen LogP contribution < -0.4 is 19.2 Å². The quantitative estimate of drug-likeness (QED) is 0.530. The molecule has 0 aliphatic rings. The van der Waals surface area contributed by atoms with Crippen LogP contribution in [0.2, 0.25) is 0 Å². The average molecular weight is 412 g/mol. The van der Waals surface area contributed by atoms with E-state index in [-0.39, 0.29) is 11.4 Å². The third-order valence-corrected chi connectivity index (χ3v) is 5.67. The number of hydrazone groups is 1. The van der Waals surface area contributed by atoms with Crippen LogP contribution in [0.1, 0.15) is 11.8 Å². The Morgan fingerprint density at radius 3 is 2.56 bits per heavy atom. The molecule has 146 valence electrons. The van der Waals surface area contributed by atoms with Gasteiger partial charge < -0.3 is 9.47 Å². The van der Waals surface area contributed by atoms with Gasteiger partial charge in [-0.05, 0) is 30.5 Å². The van der Waals surface area contributed by atoms with Crippen molar-refractivity contribution in [3.8, 4) is 11.5 Å². The molecule has 0 atom stereocenters. The Bertz CT molecular complexity index is 924. The van der Waals surface area contributed by atoms with Gasteiger partial charge in [0.15, 0.2) is 0 Å². The van der Waals surface area contributed by atoms with Gasteiger partial charge in [-0.25, -0.2) is 13.8 Å². The zero-order valence-corrected chi connectivity index (χ0v) is 17.1. The molecule has 1 amide bonds. The largest absolute Gasteiger partial charge is 0.497 e. The molecule has 0 aliphatic carbocycles. The van der Waals surface area contributed by atoms with E-state index < -0.39 is 22.5 Å². The smallest absolute Gasteiger partial charge is 0.260 e. The summed E-state index contributed by atoms with van der Waals surface area (Å²) in [6, 6.07) is 8.41. The molecular formula is C17H21N3O5S2. The molecule has 0 saturated carbocycles. The molecule has 1 aromatic heterocycles. The molecule has 1 heterocycles. The van der Waals surface area contributed by atoms with Gasteiger partial charge in [0.25, 0.3) is 5.91 Å². The van der Waals surface area contributed by atoms with Gasteiger partial charge in [-0.15, -0.1) is 11.3 Å². The second-order valence-corrected chi connectivity index (χ2v) is 8.37. The fourth-order valence-corrected chi connectivity index (χ4v) is 3.76. The van der Waals surface area contributed by atoms with Gasteiger partial charge in [0.05, 0.1) is 31.9 Å². The third kappa shape index (κ3) is 5.44. The Hall–Kier alpha value is -2.59. The summed E-state index contributed by atoms with van der Waals surface area (Å²) in [5.74, 6) is 0.199. The first-order chi connectivity index (χ1) is 12.8. The number of carbonyl (C=O) groups is 1. The van der Waals surface area contributed by atoms with Crippen LogP contribution in [0.4, 0.5) is 5.69 Å². The molecule has 1 N–H and O–H groups in total. The van der Waals surface area contributed by atoms with Gasteiger partial charge in [0.2, 0.25) is 10.0 Å². The summed E-state index contributed by atoms with van der Waals surface area (Å²) in [5, 5.41) is 5.92.